The zero-order valence-corrected chi connectivity index (χ0v) is 16.9. The van der Waals surface area contributed by atoms with Crippen molar-refractivity contribution in [3.05, 3.63) is 11.9 Å². The van der Waals surface area contributed by atoms with Gasteiger partial charge in [0, 0.05) is 13.2 Å². The van der Waals surface area contributed by atoms with E-state index in [2.05, 4.69) is 4.98 Å². The van der Waals surface area contributed by atoms with Crippen molar-refractivity contribution in [3.8, 4) is 0 Å². The van der Waals surface area contributed by atoms with E-state index in [1.165, 1.54) is 0 Å². The standard InChI is InChI=1S/C18H29N3O5S/c1-3-25-17(22)12-20(2)10-15-9-19-18(27(23,24)13-14-6-7-14)21(15)11-16-5-4-8-26-16/h9,14,16H,3-8,10-13H2,1-2H3/t16-/m1/s1. The van der Waals surface area contributed by atoms with Crippen LogP contribution < -0.4 is 0 Å². The Balaban J connectivity index is 1.78. The number of imidazole rings is 1. The maximum Gasteiger partial charge on any atom is 0.320 e. The number of esters is 1. The van der Waals surface area contributed by atoms with E-state index in [1.807, 2.05) is 0 Å². The number of hydrogen-bond acceptors (Lipinski definition) is 7. The second kappa shape index (κ2) is 8.70. The number of hydrogen-bond donors (Lipinski definition) is 0. The van der Waals surface area contributed by atoms with Gasteiger partial charge in [-0.05, 0) is 45.6 Å². The van der Waals surface area contributed by atoms with Crippen molar-refractivity contribution in [2.75, 3.05) is 32.6 Å². The summed E-state index contributed by atoms with van der Waals surface area (Å²) in [4.78, 5) is 17.8. The van der Waals surface area contributed by atoms with Gasteiger partial charge in [0.1, 0.15) is 0 Å². The van der Waals surface area contributed by atoms with Crippen LogP contribution in [0.1, 0.15) is 38.3 Å². The molecule has 1 aliphatic carbocycles. The zero-order chi connectivity index (χ0) is 19.4. The molecule has 0 amide bonds. The zero-order valence-electron chi connectivity index (χ0n) is 16.1. The number of aromatic nitrogens is 2. The molecule has 0 radical (unpaired) electrons. The summed E-state index contributed by atoms with van der Waals surface area (Å²) in [5.74, 6) is 0.123. The Kier molecular flexibility index (Phi) is 6.54. The highest BCUT2D eigenvalue weighted by atomic mass is 32.2. The monoisotopic (exact) mass is 399 g/mol. The van der Waals surface area contributed by atoms with Crippen LogP contribution in [0, 0.1) is 5.92 Å². The van der Waals surface area contributed by atoms with Gasteiger partial charge >= 0.3 is 5.97 Å². The summed E-state index contributed by atoms with van der Waals surface area (Å²) in [6, 6.07) is 0. The van der Waals surface area contributed by atoms with Crippen molar-refractivity contribution in [2.24, 2.45) is 5.92 Å². The Labute approximate surface area is 160 Å². The van der Waals surface area contributed by atoms with E-state index >= 15 is 0 Å². The number of sulfone groups is 1. The summed E-state index contributed by atoms with van der Waals surface area (Å²) < 4.78 is 38.1. The first-order chi connectivity index (χ1) is 12.9. The number of likely N-dealkylation sites (N-methyl/N-ethyl adjacent to an activating group) is 1. The van der Waals surface area contributed by atoms with E-state index in [4.69, 9.17) is 9.47 Å². The van der Waals surface area contributed by atoms with Crippen molar-refractivity contribution in [2.45, 2.75) is 57.0 Å². The Morgan fingerprint density at radius 1 is 1.41 bits per heavy atom. The van der Waals surface area contributed by atoms with Crippen molar-refractivity contribution < 1.29 is 22.7 Å². The second-order valence-electron chi connectivity index (χ2n) is 7.48. The first kappa shape index (κ1) is 20.3. The van der Waals surface area contributed by atoms with Gasteiger partial charge in [0.25, 0.3) is 0 Å². The van der Waals surface area contributed by atoms with Crippen LogP contribution in [0.15, 0.2) is 11.4 Å². The third kappa shape index (κ3) is 5.52. The molecule has 3 rings (SSSR count). The predicted molar refractivity (Wildman–Crippen MR) is 98.9 cm³/mol. The van der Waals surface area contributed by atoms with Crippen LogP contribution >= 0.6 is 0 Å². The van der Waals surface area contributed by atoms with Gasteiger partial charge < -0.3 is 14.0 Å². The lowest BCUT2D eigenvalue weighted by Crippen LogP contribution is -2.29. The van der Waals surface area contributed by atoms with E-state index in [1.54, 1.807) is 29.6 Å². The fourth-order valence-corrected chi connectivity index (χ4v) is 5.23. The number of carbonyl (C=O) groups is 1. The molecule has 1 aliphatic heterocycles. The van der Waals surface area contributed by atoms with E-state index in [-0.39, 0.29) is 35.4 Å². The molecule has 1 aromatic heterocycles. The minimum absolute atomic E-state index is 0.00295. The fraction of sp³-hybridized carbons (Fsp3) is 0.778. The van der Waals surface area contributed by atoms with Crippen LogP contribution in [0.2, 0.25) is 0 Å². The number of carbonyl (C=O) groups excluding carboxylic acids is 1. The first-order valence-corrected chi connectivity index (χ1v) is 11.3. The Morgan fingerprint density at radius 2 is 2.19 bits per heavy atom. The number of rotatable bonds is 10. The SMILES string of the molecule is CCOC(=O)CN(C)Cc1cnc(S(=O)(=O)CC2CC2)n1C[C@H]1CCCO1. The van der Waals surface area contributed by atoms with Crippen LogP contribution in [-0.4, -0.2) is 67.5 Å². The summed E-state index contributed by atoms with van der Waals surface area (Å²) in [7, 11) is -1.63. The van der Waals surface area contributed by atoms with E-state index in [0.717, 1.165) is 31.4 Å². The van der Waals surface area contributed by atoms with Crippen LogP contribution in [0.4, 0.5) is 0 Å². The highest BCUT2D eigenvalue weighted by Gasteiger charge is 2.33. The molecule has 0 unspecified atom stereocenters. The summed E-state index contributed by atoms with van der Waals surface area (Å²) in [5.41, 5.74) is 0.770. The second-order valence-corrected chi connectivity index (χ2v) is 9.41. The van der Waals surface area contributed by atoms with Gasteiger partial charge in [-0.1, -0.05) is 0 Å². The molecule has 2 heterocycles. The van der Waals surface area contributed by atoms with Crippen molar-refractivity contribution in [1.29, 1.82) is 0 Å². The minimum Gasteiger partial charge on any atom is -0.465 e. The topological polar surface area (TPSA) is 90.7 Å². The molecule has 1 aromatic rings. The molecule has 2 fully saturated rings. The lowest BCUT2D eigenvalue weighted by atomic mass is 10.2. The van der Waals surface area contributed by atoms with Crippen LogP contribution in [0.5, 0.6) is 0 Å². The average Bonchev–Trinajstić information content (AvgIpc) is 3.07. The van der Waals surface area contributed by atoms with Gasteiger partial charge in [-0.25, -0.2) is 13.4 Å². The minimum atomic E-state index is -3.43. The average molecular weight is 400 g/mol. The number of ether oxygens (including phenoxy) is 2. The van der Waals surface area contributed by atoms with Gasteiger partial charge in [-0.3, -0.25) is 9.69 Å². The molecule has 0 N–H and O–H groups in total. The van der Waals surface area contributed by atoms with Crippen LogP contribution in [0.25, 0.3) is 0 Å². The molecule has 1 saturated carbocycles. The van der Waals surface area contributed by atoms with E-state index in [0.29, 0.717) is 26.3 Å². The molecule has 27 heavy (non-hydrogen) atoms. The quantitative estimate of drug-likeness (QED) is 0.547. The van der Waals surface area contributed by atoms with E-state index < -0.39 is 9.84 Å². The third-order valence-electron chi connectivity index (χ3n) is 4.88. The molecule has 0 bridgehead atoms. The Bertz CT molecular complexity index is 751. The van der Waals surface area contributed by atoms with Crippen LogP contribution in [0.3, 0.4) is 0 Å². The van der Waals surface area contributed by atoms with Gasteiger partial charge in [0.2, 0.25) is 15.0 Å². The largest absolute Gasteiger partial charge is 0.465 e. The molecule has 1 atom stereocenters. The summed E-state index contributed by atoms with van der Waals surface area (Å²) in [6.07, 6.45) is 5.46. The lowest BCUT2D eigenvalue weighted by Gasteiger charge is -2.19. The van der Waals surface area contributed by atoms with Gasteiger partial charge in [-0.2, -0.15) is 0 Å². The normalized spacial score (nSPS) is 20.3. The van der Waals surface area contributed by atoms with E-state index in [9.17, 15) is 13.2 Å². The summed E-state index contributed by atoms with van der Waals surface area (Å²) >= 11 is 0. The summed E-state index contributed by atoms with van der Waals surface area (Å²) in [5, 5.41) is 0.129. The molecule has 8 nitrogen and oxygen atoms in total. The lowest BCUT2D eigenvalue weighted by molar-refractivity contribution is -0.144. The first-order valence-electron chi connectivity index (χ1n) is 9.62. The smallest absolute Gasteiger partial charge is 0.320 e. The molecule has 0 aromatic carbocycles. The molecular formula is C18H29N3O5S. The fourth-order valence-electron chi connectivity index (χ4n) is 3.38. The van der Waals surface area contributed by atoms with Crippen LogP contribution in [-0.2, 0) is 37.2 Å². The Hall–Kier alpha value is -1.45. The summed E-state index contributed by atoms with van der Waals surface area (Å²) in [6.45, 7) is 3.85. The van der Waals surface area contributed by atoms with Crippen molar-refractivity contribution in [1.82, 2.24) is 14.5 Å². The highest BCUT2D eigenvalue weighted by molar-refractivity contribution is 7.91. The molecule has 0 spiro atoms. The number of nitrogens with zero attached hydrogens (tertiary/aromatic N) is 3. The molecule has 152 valence electrons. The van der Waals surface area contributed by atoms with Gasteiger partial charge in [0.05, 0.1) is 43.4 Å². The Morgan fingerprint density at radius 3 is 2.81 bits per heavy atom. The van der Waals surface area contributed by atoms with Gasteiger partial charge in [-0.15, -0.1) is 0 Å². The van der Waals surface area contributed by atoms with Gasteiger partial charge in [0.15, 0.2) is 0 Å². The maximum atomic E-state index is 12.8. The molecular weight excluding hydrogens is 370 g/mol. The van der Waals surface area contributed by atoms with Crippen molar-refractivity contribution in [3.63, 3.8) is 0 Å². The molecule has 9 heteroatoms. The molecule has 1 saturated heterocycles. The maximum absolute atomic E-state index is 12.8. The molecule has 2 aliphatic rings. The predicted octanol–water partition coefficient (Wildman–Crippen LogP) is 1.24. The third-order valence-corrected chi connectivity index (χ3v) is 6.67. The van der Waals surface area contributed by atoms with Crippen molar-refractivity contribution >= 4 is 15.8 Å². The highest BCUT2D eigenvalue weighted by Crippen LogP contribution is 2.32.